The number of benzene rings is 1. The highest BCUT2D eigenvalue weighted by Crippen LogP contribution is 2.30. The van der Waals surface area contributed by atoms with E-state index in [0.717, 1.165) is 29.0 Å². The molecule has 174 valence electrons. The van der Waals surface area contributed by atoms with Crippen LogP contribution in [0, 0.1) is 0 Å². The molecule has 1 aromatic carbocycles. The fraction of sp³-hybridized carbons (Fsp3) is 0.143. The van der Waals surface area contributed by atoms with Gasteiger partial charge in [-0.3, -0.25) is 14.8 Å². The molecule has 0 aliphatic rings. The maximum Gasteiger partial charge on any atom is 0.417 e. The number of ether oxygens (including phenoxy) is 1. The first-order valence-electron chi connectivity index (χ1n) is 9.72. The van der Waals surface area contributed by atoms with Gasteiger partial charge in [-0.1, -0.05) is 24.3 Å². The SMILES string of the molecule is COc1ncc(-c2ccc(C[n+]3cc(NC(=O)Nc4cncc(C(F)(F)F)c4)on3)cc2)cn1. The lowest BCUT2D eigenvalue weighted by molar-refractivity contribution is -0.754. The number of rotatable bonds is 6. The third-order valence-electron chi connectivity index (χ3n) is 4.51. The molecular weight excluding hydrogens is 455 g/mol. The molecule has 10 nitrogen and oxygen atoms in total. The summed E-state index contributed by atoms with van der Waals surface area (Å²) in [6, 6.07) is 7.83. The Hall–Kier alpha value is -4.55. The van der Waals surface area contributed by atoms with Crippen molar-refractivity contribution in [3.05, 3.63) is 72.4 Å². The van der Waals surface area contributed by atoms with E-state index in [4.69, 9.17) is 9.26 Å². The molecular formula is C21H17F3N7O3+. The fourth-order valence-corrected chi connectivity index (χ4v) is 2.91. The zero-order chi connectivity index (χ0) is 24.1. The molecule has 0 atom stereocenters. The Morgan fingerprint density at radius 1 is 1.06 bits per heavy atom. The summed E-state index contributed by atoms with van der Waals surface area (Å²) in [6.45, 7) is 0.351. The normalized spacial score (nSPS) is 11.2. The number of pyridine rings is 1. The quantitative estimate of drug-likeness (QED) is 0.412. The van der Waals surface area contributed by atoms with Crippen LogP contribution in [0.2, 0.25) is 0 Å². The van der Waals surface area contributed by atoms with E-state index in [2.05, 4.69) is 30.9 Å². The Kier molecular flexibility index (Phi) is 6.34. The molecule has 0 radical (unpaired) electrons. The predicted octanol–water partition coefficient (Wildman–Crippen LogP) is 3.53. The summed E-state index contributed by atoms with van der Waals surface area (Å²) in [5, 5.41) is 8.45. The third kappa shape index (κ3) is 5.62. The summed E-state index contributed by atoms with van der Waals surface area (Å²) in [5.74, 6) is 0.00411. The molecule has 0 fully saturated rings. The summed E-state index contributed by atoms with van der Waals surface area (Å²) in [7, 11) is 1.49. The van der Waals surface area contributed by atoms with Crippen LogP contribution in [0.1, 0.15) is 11.1 Å². The number of halogens is 3. The Labute approximate surface area is 190 Å². The minimum atomic E-state index is -4.57. The lowest BCUT2D eigenvalue weighted by Crippen LogP contribution is -2.35. The van der Waals surface area contributed by atoms with Crippen LogP contribution in [0.3, 0.4) is 0 Å². The van der Waals surface area contributed by atoms with Gasteiger partial charge in [-0.05, 0) is 16.3 Å². The molecule has 0 spiro atoms. The third-order valence-corrected chi connectivity index (χ3v) is 4.51. The molecule has 0 saturated heterocycles. The molecule has 4 aromatic rings. The number of nitrogens with zero attached hydrogens (tertiary/aromatic N) is 5. The van der Waals surface area contributed by atoms with Gasteiger partial charge in [0.25, 0.3) is 6.20 Å². The molecule has 2 amide bonds. The highest BCUT2D eigenvalue weighted by atomic mass is 19.4. The molecule has 0 unspecified atom stereocenters. The summed E-state index contributed by atoms with van der Waals surface area (Å²) in [6.07, 6.45) is 1.95. The molecule has 13 heteroatoms. The highest BCUT2D eigenvalue weighted by Gasteiger charge is 2.31. The molecule has 34 heavy (non-hydrogen) atoms. The van der Waals surface area contributed by atoms with Crippen molar-refractivity contribution in [1.82, 2.24) is 20.2 Å². The van der Waals surface area contributed by atoms with Gasteiger partial charge in [0.1, 0.15) is 0 Å². The Bertz CT molecular complexity index is 1280. The number of carbonyl (C=O) groups is 1. The van der Waals surface area contributed by atoms with E-state index in [9.17, 15) is 18.0 Å². The van der Waals surface area contributed by atoms with E-state index >= 15 is 0 Å². The lowest BCUT2D eigenvalue weighted by atomic mass is 10.1. The van der Waals surface area contributed by atoms with Crippen LogP contribution in [0.5, 0.6) is 6.01 Å². The molecule has 0 bridgehead atoms. The number of alkyl halides is 3. The summed E-state index contributed by atoms with van der Waals surface area (Å²) >= 11 is 0. The molecule has 3 heterocycles. The average Bonchev–Trinajstić information content (AvgIpc) is 3.25. The molecule has 0 saturated carbocycles. The lowest BCUT2D eigenvalue weighted by Gasteiger charge is -2.08. The summed E-state index contributed by atoms with van der Waals surface area (Å²) in [5.41, 5.74) is 1.55. The number of hydrogen-bond donors (Lipinski definition) is 2. The molecule has 0 aliphatic heterocycles. The monoisotopic (exact) mass is 472 g/mol. The van der Waals surface area contributed by atoms with E-state index in [1.807, 2.05) is 24.3 Å². The van der Waals surface area contributed by atoms with Crippen molar-refractivity contribution in [3.63, 3.8) is 0 Å². The van der Waals surface area contributed by atoms with Crippen LogP contribution in [0.4, 0.5) is 29.5 Å². The number of carbonyl (C=O) groups excluding carboxylic acids is 1. The van der Waals surface area contributed by atoms with E-state index in [-0.39, 0.29) is 17.6 Å². The molecule has 4 rings (SSSR count). The van der Waals surface area contributed by atoms with Gasteiger partial charge < -0.3 is 10.1 Å². The van der Waals surface area contributed by atoms with Crippen LogP contribution in [-0.4, -0.2) is 33.4 Å². The minimum absolute atomic E-state index is 0.00411. The van der Waals surface area contributed by atoms with Crippen LogP contribution < -0.4 is 20.1 Å². The zero-order valence-corrected chi connectivity index (χ0v) is 17.6. The predicted molar refractivity (Wildman–Crippen MR) is 112 cm³/mol. The maximum absolute atomic E-state index is 12.8. The van der Waals surface area contributed by atoms with E-state index in [1.165, 1.54) is 18.0 Å². The van der Waals surface area contributed by atoms with Crippen molar-refractivity contribution in [3.8, 4) is 17.1 Å². The minimum Gasteiger partial charge on any atom is -0.467 e. The Morgan fingerprint density at radius 2 is 1.79 bits per heavy atom. The van der Waals surface area contributed by atoms with Gasteiger partial charge in [-0.2, -0.15) is 13.2 Å². The zero-order valence-electron chi connectivity index (χ0n) is 17.6. The van der Waals surface area contributed by atoms with Crippen molar-refractivity contribution < 1.29 is 31.9 Å². The van der Waals surface area contributed by atoms with Crippen molar-refractivity contribution >= 4 is 17.6 Å². The smallest absolute Gasteiger partial charge is 0.417 e. The number of amides is 2. The van der Waals surface area contributed by atoms with Gasteiger partial charge in [0.15, 0.2) is 0 Å². The van der Waals surface area contributed by atoms with E-state index in [0.29, 0.717) is 12.7 Å². The van der Waals surface area contributed by atoms with Gasteiger partial charge in [-0.25, -0.2) is 14.8 Å². The number of anilines is 2. The van der Waals surface area contributed by atoms with Crippen LogP contribution >= 0.6 is 0 Å². The standard InChI is InChI=1S/C21H16F3N7O3/c1-33-20-26-7-15(8-27-20)14-4-2-13(3-5-14)11-31-12-18(34-30-31)29-19(32)28-17-6-16(9-25-10-17)21(22,23)24/h2-10,12H,11H2,1H3,(H-,28,29,30,32)/p+1. The second-order valence-electron chi connectivity index (χ2n) is 6.96. The molecule has 0 aliphatic carbocycles. The van der Waals surface area contributed by atoms with Gasteiger partial charge >= 0.3 is 24.1 Å². The van der Waals surface area contributed by atoms with E-state index < -0.39 is 17.8 Å². The largest absolute Gasteiger partial charge is 0.467 e. The summed E-state index contributed by atoms with van der Waals surface area (Å²) in [4.78, 5) is 23.7. The van der Waals surface area contributed by atoms with Gasteiger partial charge in [0.05, 0.1) is 24.6 Å². The Morgan fingerprint density at radius 3 is 2.47 bits per heavy atom. The summed E-state index contributed by atoms with van der Waals surface area (Å²) < 4.78 is 49.8. The molecule has 3 aromatic heterocycles. The van der Waals surface area contributed by atoms with Gasteiger partial charge in [0, 0.05) is 29.7 Å². The first-order chi connectivity index (χ1) is 16.3. The number of nitrogens with one attached hydrogen (secondary N) is 2. The fourth-order valence-electron chi connectivity index (χ4n) is 2.91. The first-order valence-corrected chi connectivity index (χ1v) is 9.72. The van der Waals surface area contributed by atoms with Crippen molar-refractivity contribution in [2.75, 3.05) is 17.7 Å². The number of urea groups is 1. The average molecular weight is 472 g/mol. The van der Waals surface area contributed by atoms with Gasteiger partial charge in [0.2, 0.25) is 11.8 Å². The van der Waals surface area contributed by atoms with Crippen molar-refractivity contribution in [1.29, 1.82) is 0 Å². The number of hydrogen-bond acceptors (Lipinski definition) is 7. The second kappa shape index (κ2) is 9.52. The van der Waals surface area contributed by atoms with Crippen LogP contribution in [-0.2, 0) is 12.7 Å². The van der Waals surface area contributed by atoms with Crippen molar-refractivity contribution in [2.45, 2.75) is 12.7 Å². The maximum atomic E-state index is 12.8. The van der Waals surface area contributed by atoms with Crippen LogP contribution in [0.15, 0.2) is 65.8 Å². The van der Waals surface area contributed by atoms with Crippen molar-refractivity contribution in [2.24, 2.45) is 0 Å². The topological polar surface area (TPSA) is 119 Å². The highest BCUT2D eigenvalue weighted by molar-refractivity contribution is 5.98. The van der Waals surface area contributed by atoms with E-state index in [1.54, 1.807) is 12.4 Å². The first kappa shape index (κ1) is 22.6. The van der Waals surface area contributed by atoms with Crippen LogP contribution in [0.25, 0.3) is 11.1 Å². The molecule has 2 N–H and O–H groups in total. The number of aromatic nitrogens is 5. The Balaban J connectivity index is 1.35. The second-order valence-corrected chi connectivity index (χ2v) is 6.96. The number of methoxy groups -OCH3 is 1. The van der Waals surface area contributed by atoms with Gasteiger partial charge in [-0.15, -0.1) is 0 Å².